The molecule has 1 aliphatic rings. The first-order chi connectivity index (χ1) is 7.96. The second-order valence-corrected chi connectivity index (χ2v) is 6.99. The summed E-state index contributed by atoms with van der Waals surface area (Å²) >= 11 is 5.94. The Bertz CT molecular complexity index is 502. The zero-order valence-corrected chi connectivity index (χ0v) is 11.0. The molecule has 1 aromatic rings. The maximum atomic E-state index is 11.3. The van der Waals surface area contributed by atoms with Crippen molar-refractivity contribution in [2.75, 3.05) is 30.3 Å². The van der Waals surface area contributed by atoms with Crippen LogP contribution in [0.25, 0.3) is 0 Å². The smallest absolute Gasteiger partial charge is 0.152 e. The number of nitrogens with zero attached hydrogens (tertiary/aromatic N) is 1. The Morgan fingerprint density at radius 3 is 2.53 bits per heavy atom. The molecule has 2 rings (SSSR count). The molecule has 0 radical (unpaired) electrons. The number of rotatable bonds is 2. The van der Waals surface area contributed by atoms with Crippen LogP contribution in [-0.4, -0.2) is 37.9 Å². The van der Waals surface area contributed by atoms with E-state index >= 15 is 0 Å². The number of halogens is 1. The summed E-state index contributed by atoms with van der Waals surface area (Å²) in [5, 5.41) is 0.548. The first-order valence-electron chi connectivity index (χ1n) is 5.43. The third-order valence-electron chi connectivity index (χ3n) is 2.91. The fourth-order valence-corrected chi connectivity index (χ4v) is 3.32. The van der Waals surface area contributed by atoms with Gasteiger partial charge in [-0.15, -0.1) is 0 Å². The molecule has 94 valence electrons. The monoisotopic (exact) mass is 274 g/mol. The summed E-state index contributed by atoms with van der Waals surface area (Å²) in [7, 11) is -2.81. The Morgan fingerprint density at radius 2 is 1.94 bits per heavy atom. The van der Waals surface area contributed by atoms with Crippen molar-refractivity contribution in [1.82, 2.24) is 4.90 Å². The summed E-state index contributed by atoms with van der Waals surface area (Å²) in [4.78, 5) is 2.11. The molecule has 1 fully saturated rings. The zero-order valence-electron chi connectivity index (χ0n) is 9.39. The molecule has 0 unspecified atom stereocenters. The van der Waals surface area contributed by atoms with Crippen molar-refractivity contribution in [3.63, 3.8) is 0 Å². The molecule has 0 bridgehead atoms. The predicted molar refractivity (Wildman–Crippen MR) is 69.8 cm³/mol. The number of nitrogens with two attached hydrogens (primary N) is 1. The van der Waals surface area contributed by atoms with Crippen molar-refractivity contribution in [2.45, 2.75) is 6.54 Å². The summed E-state index contributed by atoms with van der Waals surface area (Å²) in [5.41, 5.74) is 7.26. The van der Waals surface area contributed by atoms with Crippen LogP contribution in [0.5, 0.6) is 0 Å². The minimum absolute atomic E-state index is 0.246. The summed E-state index contributed by atoms with van der Waals surface area (Å²) in [6.45, 7) is 1.89. The third kappa shape index (κ3) is 3.34. The van der Waals surface area contributed by atoms with Gasteiger partial charge in [0.05, 0.1) is 22.2 Å². The van der Waals surface area contributed by atoms with Gasteiger partial charge in [0.1, 0.15) is 0 Å². The molecule has 2 N–H and O–H groups in total. The highest BCUT2D eigenvalue weighted by Crippen LogP contribution is 2.21. The third-order valence-corrected chi connectivity index (χ3v) is 4.84. The zero-order chi connectivity index (χ0) is 12.5. The van der Waals surface area contributed by atoms with Gasteiger partial charge in [0.2, 0.25) is 0 Å². The first kappa shape index (κ1) is 12.7. The van der Waals surface area contributed by atoms with E-state index in [2.05, 4.69) is 4.90 Å². The molecule has 0 saturated carbocycles. The molecule has 0 aliphatic carbocycles. The van der Waals surface area contributed by atoms with Crippen LogP contribution in [0.1, 0.15) is 5.56 Å². The van der Waals surface area contributed by atoms with E-state index < -0.39 is 9.84 Å². The molecule has 1 aromatic carbocycles. The van der Waals surface area contributed by atoms with Gasteiger partial charge in [-0.05, 0) is 17.7 Å². The van der Waals surface area contributed by atoms with Gasteiger partial charge in [-0.1, -0.05) is 17.7 Å². The van der Waals surface area contributed by atoms with Gasteiger partial charge in [-0.2, -0.15) is 0 Å². The topological polar surface area (TPSA) is 63.4 Å². The Kier molecular flexibility index (Phi) is 3.61. The van der Waals surface area contributed by atoms with Crippen LogP contribution in [0.3, 0.4) is 0 Å². The van der Waals surface area contributed by atoms with Crippen molar-refractivity contribution in [2.24, 2.45) is 0 Å². The Labute approximate surface area is 106 Å². The number of benzene rings is 1. The van der Waals surface area contributed by atoms with Crippen LogP contribution < -0.4 is 5.73 Å². The van der Waals surface area contributed by atoms with Crippen molar-refractivity contribution < 1.29 is 8.42 Å². The molecule has 17 heavy (non-hydrogen) atoms. The van der Waals surface area contributed by atoms with Gasteiger partial charge in [0.15, 0.2) is 9.84 Å². The minimum Gasteiger partial charge on any atom is -0.398 e. The highest BCUT2D eigenvalue weighted by molar-refractivity contribution is 7.91. The Balaban J connectivity index is 2.00. The van der Waals surface area contributed by atoms with E-state index in [1.807, 2.05) is 12.1 Å². The lowest BCUT2D eigenvalue weighted by molar-refractivity contribution is 0.287. The van der Waals surface area contributed by atoms with E-state index in [4.69, 9.17) is 17.3 Å². The number of sulfone groups is 1. The first-order valence-corrected chi connectivity index (χ1v) is 7.63. The summed E-state index contributed by atoms with van der Waals surface area (Å²) in [6.07, 6.45) is 0. The summed E-state index contributed by atoms with van der Waals surface area (Å²) < 4.78 is 22.6. The molecule has 6 heteroatoms. The molecule has 0 aromatic heterocycles. The molecule has 0 atom stereocenters. The summed E-state index contributed by atoms with van der Waals surface area (Å²) in [5.74, 6) is 0.491. The van der Waals surface area contributed by atoms with Crippen LogP contribution in [0, 0.1) is 0 Å². The highest BCUT2D eigenvalue weighted by Gasteiger charge is 2.21. The van der Waals surface area contributed by atoms with E-state index in [9.17, 15) is 8.42 Å². The van der Waals surface area contributed by atoms with Crippen LogP contribution in [0.4, 0.5) is 5.69 Å². The highest BCUT2D eigenvalue weighted by atomic mass is 35.5. The van der Waals surface area contributed by atoms with Gasteiger partial charge >= 0.3 is 0 Å². The van der Waals surface area contributed by atoms with E-state index in [1.54, 1.807) is 6.07 Å². The summed E-state index contributed by atoms with van der Waals surface area (Å²) in [6, 6.07) is 5.53. The Hall–Kier alpha value is -0.780. The molecule has 4 nitrogen and oxygen atoms in total. The van der Waals surface area contributed by atoms with Crippen molar-refractivity contribution >= 4 is 27.1 Å². The normalized spacial score (nSPS) is 20.3. The van der Waals surface area contributed by atoms with Gasteiger partial charge in [-0.25, -0.2) is 8.42 Å². The molecule has 1 saturated heterocycles. The van der Waals surface area contributed by atoms with E-state index in [-0.39, 0.29) is 11.5 Å². The quantitative estimate of drug-likeness (QED) is 0.822. The van der Waals surface area contributed by atoms with E-state index in [0.717, 1.165) is 12.1 Å². The van der Waals surface area contributed by atoms with Crippen LogP contribution in [0.2, 0.25) is 5.02 Å². The van der Waals surface area contributed by atoms with Gasteiger partial charge in [0, 0.05) is 19.6 Å². The van der Waals surface area contributed by atoms with E-state index in [1.165, 1.54) is 0 Å². The number of nitrogen functional groups attached to an aromatic ring is 1. The molecule has 1 aliphatic heterocycles. The average Bonchev–Trinajstić information content (AvgIpc) is 2.27. The molecule has 1 heterocycles. The lowest BCUT2D eigenvalue weighted by Crippen LogP contribution is -2.39. The van der Waals surface area contributed by atoms with Gasteiger partial charge in [0.25, 0.3) is 0 Å². The predicted octanol–water partition coefficient (Wildman–Crippen LogP) is 1.15. The maximum Gasteiger partial charge on any atom is 0.152 e. The molecular weight excluding hydrogens is 260 g/mol. The van der Waals surface area contributed by atoms with Crippen LogP contribution in [0.15, 0.2) is 18.2 Å². The number of hydrogen-bond donors (Lipinski definition) is 1. The molecule has 0 amide bonds. The van der Waals surface area contributed by atoms with Crippen LogP contribution >= 0.6 is 11.6 Å². The number of hydrogen-bond acceptors (Lipinski definition) is 4. The van der Waals surface area contributed by atoms with Gasteiger partial charge < -0.3 is 5.73 Å². The van der Waals surface area contributed by atoms with Crippen molar-refractivity contribution in [3.05, 3.63) is 28.8 Å². The second-order valence-electron chi connectivity index (χ2n) is 4.28. The van der Waals surface area contributed by atoms with Crippen molar-refractivity contribution in [3.8, 4) is 0 Å². The standard InChI is InChI=1S/C11H15ClN2O2S/c12-10-7-9(1-2-11(10)13)8-14-3-5-17(15,16)6-4-14/h1-2,7H,3-6,8,13H2. The number of anilines is 1. The molecular formula is C11H15ClN2O2S. The maximum absolute atomic E-state index is 11.3. The molecule has 0 spiro atoms. The van der Waals surface area contributed by atoms with Crippen molar-refractivity contribution in [1.29, 1.82) is 0 Å². The second kappa shape index (κ2) is 4.84. The van der Waals surface area contributed by atoms with E-state index in [0.29, 0.717) is 23.8 Å². The SMILES string of the molecule is Nc1ccc(CN2CCS(=O)(=O)CC2)cc1Cl. The lowest BCUT2D eigenvalue weighted by atomic mass is 10.2. The minimum atomic E-state index is -2.81. The van der Waals surface area contributed by atoms with Gasteiger partial charge in [-0.3, -0.25) is 4.90 Å². The largest absolute Gasteiger partial charge is 0.398 e. The Morgan fingerprint density at radius 1 is 1.29 bits per heavy atom. The fraction of sp³-hybridized carbons (Fsp3) is 0.455. The average molecular weight is 275 g/mol. The fourth-order valence-electron chi connectivity index (χ4n) is 1.84. The van der Waals surface area contributed by atoms with Crippen LogP contribution in [-0.2, 0) is 16.4 Å². The lowest BCUT2D eigenvalue weighted by Gasteiger charge is -2.26.